The van der Waals surface area contributed by atoms with E-state index in [0.29, 0.717) is 4.34 Å². The summed E-state index contributed by atoms with van der Waals surface area (Å²) >= 11 is 8.82. The number of hydrogen-bond donors (Lipinski definition) is 1. The van der Waals surface area contributed by atoms with Crippen LogP contribution in [0.25, 0.3) is 0 Å². The first-order chi connectivity index (χ1) is 7.68. The minimum atomic E-state index is 0.661. The van der Waals surface area contributed by atoms with E-state index in [4.69, 9.17) is 17.3 Å². The predicted molar refractivity (Wildman–Crippen MR) is 70.1 cm³/mol. The Balaban J connectivity index is 2.11. The lowest BCUT2D eigenvalue weighted by Gasteiger charge is -2.06. The molecule has 0 amide bonds. The average Bonchev–Trinajstić information content (AvgIpc) is 2.67. The molecule has 1 heterocycles. The smallest absolute Gasteiger partial charge is 0.138 e. The number of aromatic nitrogens is 2. The average molecular weight is 272 g/mol. The van der Waals surface area contributed by atoms with Crippen LogP contribution in [0.2, 0.25) is 4.34 Å². The fourth-order valence-electron chi connectivity index (χ4n) is 1.22. The maximum absolute atomic E-state index is 5.93. The van der Waals surface area contributed by atoms with Crippen molar-refractivity contribution in [3.8, 4) is 0 Å². The van der Waals surface area contributed by atoms with Crippen LogP contribution in [0.15, 0.2) is 23.1 Å². The van der Waals surface area contributed by atoms with Crippen molar-refractivity contribution in [3.05, 3.63) is 33.8 Å². The standard InChI is InChI=1S/C10H10ClN3S2/c1-6-7(12)3-2-4-9(6)15-5-8-10(11)16-14-13-8/h2-4H,5,12H2,1H3. The van der Waals surface area contributed by atoms with Crippen molar-refractivity contribution >= 4 is 40.6 Å². The topological polar surface area (TPSA) is 51.8 Å². The molecule has 2 rings (SSSR count). The molecule has 0 aliphatic carbocycles. The minimum absolute atomic E-state index is 0.661. The third-order valence-corrected chi connectivity index (χ3v) is 4.36. The molecule has 0 saturated carbocycles. The number of nitrogen functional groups attached to an aromatic ring is 1. The molecule has 0 spiro atoms. The summed E-state index contributed by atoms with van der Waals surface area (Å²) in [6.45, 7) is 2.01. The molecule has 1 aromatic heterocycles. The van der Waals surface area contributed by atoms with E-state index >= 15 is 0 Å². The zero-order valence-electron chi connectivity index (χ0n) is 8.61. The summed E-state index contributed by atoms with van der Waals surface area (Å²) in [5, 5.41) is 3.97. The number of nitrogens with two attached hydrogens (primary N) is 1. The highest BCUT2D eigenvalue weighted by Crippen LogP contribution is 2.30. The Labute approximate surface area is 107 Å². The second-order valence-electron chi connectivity index (χ2n) is 3.25. The number of halogens is 1. The second-order valence-corrected chi connectivity index (χ2v) is 5.63. The van der Waals surface area contributed by atoms with Crippen molar-refractivity contribution in [1.82, 2.24) is 9.59 Å². The Hall–Kier alpha value is -0.780. The van der Waals surface area contributed by atoms with Crippen molar-refractivity contribution in [1.29, 1.82) is 0 Å². The maximum Gasteiger partial charge on any atom is 0.138 e. The lowest BCUT2D eigenvalue weighted by molar-refractivity contribution is 1.07. The largest absolute Gasteiger partial charge is 0.398 e. The molecule has 3 nitrogen and oxygen atoms in total. The number of anilines is 1. The number of benzene rings is 1. The molecule has 0 saturated heterocycles. The number of hydrogen-bond acceptors (Lipinski definition) is 5. The molecule has 0 aliphatic heterocycles. The molecule has 0 atom stereocenters. The van der Waals surface area contributed by atoms with Gasteiger partial charge in [0.1, 0.15) is 10.0 Å². The summed E-state index contributed by atoms with van der Waals surface area (Å²) in [7, 11) is 0. The van der Waals surface area contributed by atoms with E-state index in [-0.39, 0.29) is 0 Å². The van der Waals surface area contributed by atoms with E-state index in [1.807, 2.05) is 25.1 Å². The Morgan fingerprint density at radius 2 is 2.31 bits per heavy atom. The molecule has 16 heavy (non-hydrogen) atoms. The normalized spacial score (nSPS) is 10.6. The van der Waals surface area contributed by atoms with E-state index in [0.717, 1.165) is 27.6 Å². The highest BCUT2D eigenvalue weighted by molar-refractivity contribution is 7.98. The zero-order valence-corrected chi connectivity index (χ0v) is 11.0. The Morgan fingerprint density at radius 3 is 3.00 bits per heavy atom. The number of thioether (sulfide) groups is 1. The van der Waals surface area contributed by atoms with Crippen molar-refractivity contribution < 1.29 is 0 Å². The van der Waals surface area contributed by atoms with Gasteiger partial charge in [-0.3, -0.25) is 0 Å². The van der Waals surface area contributed by atoms with Crippen molar-refractivity contribution in [2.75, 3.05) is 5.73 Å². The highest BCUT2D eigenvalue weighted by atomic mass is 35.5. The summed E-state index contributed by atoms with van der Waals surface area (Å²) < 4.78 is 4.46. The summed E-state index contributed by atoms with van der Waals surface area (Å²) in [6.07, 6.45) is 0. The van der Waals surface area contributed by atoms with Gasteiger partial charge in [0, 0.05) is 27.9 Å². The summed E-state index contributed by atoms with van der Waals surface area (Å²) in [6, 6.07) is 5.90. The maximum atomic E-state index is 5.93. The molecule has 6 heteroatoms. The number of rotatable bonds is 3. The SMILES string of the molecule is Cc1c(N)cccc1SCc1nnsc1Cl. The van der Waals surface area contributed by atoms with Gasteiger partial charge in [0.25, 0.3) is 0 Å². The van der Waals surface area contributed by atoms with Gasteiger partial charge in [-0.25, -0.2) is 0 Å². The third-order valence-electron chi connectivity index (χ3n) is 2.20. The van der Waals surface area contributed by atoms with Gasteiger partial charge in [0.05, 0.1) is 0 Å². The molecule has 2 N–H and O–H groups in total. The molecule has 84 valence electrons. The Kier molecular flexibility index (Phi) is 3.68. The van der Waals surface area contributed by atoms with Gasteiger partial charge in [-0.05, 0) is 24.6 Å². The van der Waals surface area contributed by atoms with Crippen LogP contribution in [-0.4, -0.2) is 9.59 Å². The first-order valence-corrected chi connectivity index (χ1v) is 6.77. The molecular formula is C10H10ClN3S2. The van der Waals surface area contributed by atoms with Crippen molar-refractivity contribution in [3.63, 3.8) is 0 Å². The molecular weight excluding hydrogens is 262 g/mol. The highest BCUT2D eigenvalue weighted by Gasteiger charge is 2.07. The lowest BCUT2D eigenvalue weighted by atomic mass is 10.2. The van der Waals surface area contributed by atoms with Crippen LogP contribution in [0, 0.1) is 6.92 Å². The lowest BCUT2D eigenvalue weighted by Crippen LogP contribution is -1.91. The molecule has 0 radical (unpaired) electrons. The van der Waals surface area contributed by atoms with Crippen LogP contribution in [0.1, 0.15) is 11.3 Å². The van der Waals surface area contributed by atoms with E-state index in [9.17, 15) is 0 Å². The number of nitrogens with zero attached hydrogens (tertiary/aromatic N) is 2. The van der Waals surface area contributed by atoms with Crippen molar-refractivity contribution in [2.45, 2.75) is 17.6 Å². The third kappa shape index (κ3) is 2.48. The van der Waals surface area contributed by atoms with Gasteiger partial charge in [-0.2, -0.15) is 0 Å². The summed E-state index contributed by atoms with van der Waals surface area (Å²) in [4.78, 5) is 1.16. The molecule has 0 fully saturated rings. The Bertz CT molecular complexity index is 499. The summed E-state index contributed by atoms with van der Waals surface area (Å²) in [5.41, 5.74) is 8.58. The van der Waals surface area contributed by atoms with E-state index in [1.165, 1.54) is 11.5 Å². The summed E-state index contributed by atoms with van der Waals surface area (Å²) in [5.74, 6) is 0.722. The van der Waals surface area contributed by atoms with Gasteiger partial charge in [-0.1, -0.05) is 22.2 Å². The fraction of sp³-hybridized carbons (Fsp3) is 0.200. The van der Waals surface area contributed by atoms with Crippen molar-refractivity contribution in [2.24, 2.45) is 0 Å². The van der Waals surface area contributed by atoms with Gasteiger partial charge in [0.2, 0.25) is 0 Å². The van der Waals surface area contributed by atoms with Crippen LogP contribution in [0.4, 0.5) is 5.69 Å². The molecule has 0 aliphatic rings. The van der Waals surface area contributed by atoms with Gasteiger partial charge in [0.15, 0.2) is 0 Å². The van der Waals surface area contributed by atoms with Crippen LogP contribution in [0.5, 0.6) is 0 Å². The van der Waals surface area contributed by atoms with Crippen LogP contribution in [0.3, 0.4) is 0 Å². The monoisotopic (exact) mass is 271 g/mol. The Morgan fingerprint density at radius 1 is 1.50 bits per heavy atom. The predicted octanol–water partition coefficient (Wildman–Crippen LogP) is 3.37. The molecule has 2 aromatic rings. The van der Waals surface area contributed by atoms with E-state index in [2.05, 4.69) is 9.59 Å². The first kappa shape index (κ1) is 11.7. The van der Waals surface area contributed by atoms with Crippen LogP contribution in [-0.2, 0) is 5.75 Å². The molecule has 0 unspecified atom stereocenters. The van der Waals surface area contributed by atoms with Crippen LogP contribution >= 0.6 is 34.9 Å². The van der Waals surface area contributed by atoms with Gasteiger partial charge < -0.3 is 5.73 Å². The van der Waals surface area contributed by atoms with Gasteiger partial charge in [-0.15, -0.1) is 16.9 Å². The molecule has 1 aromatic carbocycles. The molecule has 0 bridgehead atoms. The second kappa shape index (κ2) is 5.03. The van der Waals surface area contributed by atoms with E-state index < -0.39 is 0 Å². The van der Waals surface area contributed by atoms with Gasteiger partial charge >= 0.3 is 0 Å². The first-order valence-electron chi connectivity index (χ1n) is 4.63. The zero-order chi connectivity index (χ0) is 11.5. The fourth-order valence-corrected chi connectivity index (χ4v) is 3.02. The van der Waals surface area contributed by atoms with E-state index in [1.54, 1.807) is 11.8 Å². The quantitative estimate of drug-likeness (QED) is 0.687. The minimum Gasteiger partial charge on any atom is -0.398 e. The van der Waals surface area contributed by atoms with Crippen LogP contribution < -0.4 is 5.73 Å².